The number of nitrogens with zero attached hydrogens (tertiary/aromatic N) is 4. The van der Waals surface area contributed by atoms with Crippen LogP contribution in [-0.4, -0.2) is 18.7 Å². The maximum absolute atomic E-state index is 12.8. The minimum atomic E-state index is -0.272. The van der Waals surface area contributed by atoms with Gasteiger partial charge in [0, 0.05) is 24.6 Å². The number of benzene rings is 1. The normalized spacial score (nSPS) is 15.7. The van der Waals surface area contributed by atoms with E-state index in [0.717, 1.165) is 24.1 Å². The van der Waals surface area contributed by atoms with Crippen LogP contribution >= 0.6 is 0 Å². The van der Waals surface area contributed by atoms with Gasteiger partial charge in [-0.3, -0.25) is 9.36 Å². The van der Waals surface area contributed by atoms with Crippen molar-refractivity contribution in [1.29, 1.82) is 0 Å². The van der Waals surface area contributed by atoms with Gasteiger partial charge in [-0.1, -0.05) is 37.0 Å². The number of rotatable bonds is 3. The Kier molecular flexibility index (Phi) is 4.03. The van der Waals surface area contributed by atoms with E-state index in [1.165, 1.54) is 32.9 Å². The zero-order chi connectivity index (χ0) is 17.4. The van der Waals surface area contributed by atoms with Crippen molar-refractivity contribution >= 4 is 5.65 Å². The highest BCUT2D eigenvalue weighted by Crippen LogP contribution is 2.24. The van der Waals surface area contributed by atoms with Crippen molar-refractivity contribution in [2.45, 2.75) is 45.6 Å². The van der Waals surface area contributed by atoms with Crippen molar-refractivity contribution in [3.8, 4) is 5.69 Å². The standard InChI is InChI=1S/C19H22N4O2/c1-14-7-9-16(10-8-14)21-11-12-22-17(18(21)24)20-23(19(22)25)13-15-5-3-2-4-6-15/h7-12,15H,2-6,13H2,1H3. The van der Waals surface area contributed by atoms with E-state index in [-0.39, 0.29) is 16.9 Å². The SMILES string of the molecule is Cc1ccc(-n2ccn3c(=O)n(CC4CCCCC4)nc3c2=O)cc1. The number of aromatic nitrogens is 4. The summed E-state index contributed by atoms with van der Waals surface area (Å²) in [5, 5.41) is 4.34. The van der Waals surface area contributed by atoms with Crippen molar-refractivity contribution in [3.05, 3.63) is 63.1 Å². The van der Waals surface area contributed by atoms with E-state index >= 15 is 0 Å². The molecular formula is C19H22N4O2. The van der Waals surface area contributed by atoms with Gasteiger partial charge in [-0.2, -0.15) is 0 Å². The maximum Gasteiger partial charge on any atom is 0.350 e. The van der Waals surface area contributed by atoms with Crippen LogP contribution in [0.15, 0.2) is 46.2 Å². The molecule has 1 aliphatic carbocycles. The summed E-state index contributed by atoms with van der Waals surface area (Å²) in [6.45, 7) is 2.60. The summed E-state index contributed by atoms with van der Waals surface area (Å²) in [6, 6.07) is 7.70. The van der Waals surface area contributed by atoms with E-state index in [2.05, 4.69) is 5.10 Å². The molecular weight excluding hydrogens is 316 g/mol. The Morgan fingerprint density at radius 3 is 2.48 bits per heavy atom. The third-order valence-corrected chi connectivity index (χ3v) is 5.11. The van der Waals surface area contributed by atoms with E-state index in [1.54, 1.807) is 12.4 Å². The Bertz CT molecular complexity index is 1000. The van der Waals surface area contributed by atoms with Crippen LogP contribution in [0.25, 0.3) is 11.3 Å². The first-order valence-electron chi connectivity index (χ1n) is 8.91. The molecule has 6 heteroatoms. The van der Waals surface area contributed by atoms with Gasteiger partial charge >= 0.3 is 11.2 Å². The quantitative estimate of drug-likeness (QED) is 0.737. The van der Waals surface area contributed by atoms with Crippen molar-refractivity contribution in [3.63, 3.8) is 0 Å². The summed E-state index contributed by atoms with van der Waals surface area (Å²) in [5.41, 5.74) is 1.58. The molecule has 130 valence electrons. The van der Waals surface area contributed by atoms with Gasteiger partial charge in [0.1, 0.15) is 0 Å². The van der Waals surface area contributed by atoms with Gasteiger partial charge in [0.25, 0.3) is 0 Å². The van der Waals surface area contributed by atoms with Crippen LogP contribution in [0.1, 0.15) is 37.7 Å². The van der Waals surface area contributed by atoms with Gasteiger partial charge in [0.05, 0.1) is 0 Å². The maximum atomic E-state index is 12.8. The molecule has 25 heavy (non-hydrogen) atoms. The Morgan fingerprint density at radius 1 is 1.04 bits per heavy atom. The molecule has 0 radical (unpaired) electrons. The smallest absolute Gasteiger partial charge is 0.280 e. The van der Waals surface area contributed by atoms with Crippen molar-refractivity contribution < 1.29 is 0 Å². The van der Waals surface area contributed by atoms with Gasteiger partial charge < -0.3 is 0 Å². The minimum absolute atomic E-state index is 0.184. The molecule has 2 aromatic heterocycles. The molecule has 0 aliphatic heterocycles. The van der Waals surface area contributed by atoms with E-state index in [1.807, 2.05) is 31.2 Å². The summed E-state index contributed by atoms with van der Waals surface area (Å²) in [6.07, 6.45) is 9.23. The van der Waals surface area contributed by atoms with Crippen molar-refractivity contribution in [1.82, 2.24) is 18.7 Å². The number of fused-ring (bicyclic) bond motifs is 1. The second-order valence-corrected chi connectivity index (χ2v) is 6.97. The Hall–Kier alpha value is -2.63. The van der Waals surface area contributed by atoms with Crippen LogP contribution in [-0.2, 0) is 6.54 Å². The molecule has 0 saturated heterocycles. The summed E-state index contributed by atoms with van der Waals surface area (Å²) in [4.78, 5) is 25.4. The largest absolute Gasteiger partial charge is 0.350 e. The Morgan fingerprint density at radius 2 is 1.76 bits per heavy atom. The zero-order valence-corrected chi connectivity index (χ0v) is 14.4. The lowest BCUT2D eigenvalue weighted by Crippen LogP contribution is -2.26. The van der Waals surface area contributed by atoms with Gasteiger partial charge in [0.2, 0.25) is 5.65 Å². The Balaban J connectivity index is 1.75. The summed E-state index contributed by atoms with van der Waals surface area (Å²) >= 11 is 0. The summed E-state index contributed by atoms with van der Waals surface area (Å²) in [7, 11) is 0. The zero-order valence-electron chi connectivity index (χ0n) is 14.4. The fourth-order valence-corrected chi connectivity index (χ4v) is 3.65. The van der Waals surface area contributed by atoms with Crippen LogP contribution in [0.2, 0.25) is 0 Å². The molecule has 1 aliphatic rings. The molecule has 4 rings (SSSR count). The van der Waals surface area contributed by atoms with Crippen LogP contribution in [0, 0.1) is 12.8 Å². The molecule has 3 aromatic rings. The van der Waals surface area contributed by atoms with E-state index in [9.17, 15) is 9.59 Å². The van der Waals surface area contributed by atoms with E-state index in [0.29, 0.717) is 12.5 Å². The lowest BCUT2D eigenvalue weighted by molar-refractivity contribution is 0.304. The molecule has 6 nitrogen and oxygen atoms in total. The molecule has 0 atom stereocenters. The molecule has 0 N–H and O–H groups in total. The molecule has 2 heterocycles. The molecule has 1 fully saturated rings. The molecule has 1 aromatic carbocycles. The monoisotopic (exact) mass is 338 g/mol. The fourth-order valence-electron chi connectivity index (χ4n) is 3.65. The average molecular weight is 338 g/mol. The molecule has 1 saturated carbocycles. The first-order valence-corrected chi connectivity index (χ1v) is 8.91. The third-order valence-electron chi connectivity index (χ3n) is 5.11. The second kappa shape index (κ2) is 6.35. The van der Waals surface area contributed by atoms with Crippen LogP contribution in [0.4, 0.5) is 0 Å². The topological polar surface area (TPSA) is 61.3 Å². The highest BCUT2D eigenvalue weighted by Gasteiger charge is 2.18. The first-order chi connectivity index (χ1) is 12.1. The summed E-state index contributed by atoms with van der Waals surface area (Å²) < 4.78 is 4.36. The van der Waals surface area contributed by atoms with Crippen LogP contribution in [0.3, 0.4) is 0 Å². The molecule has 0 amide bonds. The Labute approximate surface area is 145 Å². The predicted octanol–water partition coefficient (Wildman–Crippen LogP) is 2.54. The highest BCUT2D eigenvalue weighted by molar-refractivity contribution is 5.40. The third kappa shape index (κ3) is 2.92. The van der Waals surface area contributed by atoms with Crippen LogP contribution in [0.5, 0.6) is 0 Å². The van der Waals surface area contributed by atoms with Gasteiger partial charge in [0.15, 0.2) is 0 Å². The molecule has 0 bridgehead atoms. The first kappa shape index (κ1) is 15.9. The molecule has 0 spiro atoms. The van der Waals surface area contributed by atoms with Crippen LogP contribution < -0.4 is 11.2 Å². The van der Waals surface area contributed by atoms with Gasteiger partial charge in [-0.15, -0.1) is 5.10 Å². The lowest BCUT2D eigenvalue weighted by atomic mass is 9.89. The number of aryl methyl sites for hydroxylation is 1. The minimum Gasteiger partial charge on any atom is -0.280 e. The fraction of sp³-hybridized carbons (Fsp3) is 0.421. The predicted molar refractivity (Wildman–Crippen MR) is 96.4 cm³/mol. The van der Waals surface area contributed by atoms with Gasteiger partial charge in [-0.05, 0) is 37.8 Å². The molecule has 0 unspecified atom stereocenters. The number of hydrogen-bond donors (Lipinski definition) is 0. The van der Waals surface area contributed by atoms with E-state index < -0.39 is 0 Å². The highest BCUT2D eigenvalue weighted by atomic mass is 16.2. The van der Waals surface area contributed by atoms with Gasteiger partial charge in [-0.25, -0.2) is 13.9 Å². The summed E-state index contributed by atoms with van der Waals surface area (Å²) in [5.74, 6) is 0.482. The number of hydrogen-bond acceptors (Lipinski definition) is 3. The van der Waals surface area contributed by atoms with E-state index in [4.69, 9.17) is 0 Å². The second-order valence-electron chi connectivity index (χ2n) is 6.97. The van der Waals surface area contributed by atoms with Crippen molar-refractivity contribution in [2.75, 3.05) is 0 Å². The lowest BCUT2D eigenvalue weighted by Gasteiger charge is -2.20. The van der Waals surface area contributed by atoms with Crippen molar-refractivity contribution in [2.24, 2.45) is 5.92 Å². The average Bonchev–Trinajstić information content (AvgIpc) is 2.94.